The normalized spacial score (nSPS) is 12.2. The molecule has 1 rings (SSSR count). The van der Waals surface area contributed by atoms with E-state index in [0.29, 0.717) is 12.2 Å². The van der Waals surface area contributed by atoms with E-state index in [2.05, 4.69) is 0 Å². The Hall–Kier alpha value is -1.70. The maximum atomic E-state index is 12.2. The van der Waals surface area contributed by atoms with Gasteiger partial charge in [-0.3, -0.25) is 0 Å². The van der Waals surface area contributed by atoms with Crippen molar-refractivity contribution < 1.29 is 23.1 Å². The molecule has 1 aromatic rings. The zero-order valence-electron chi connectivity index (χ0n) is 11.3. The summed E-state index contributed by atoms with van der Waals surface area (Å²) in [4.78, 5) is 10.5. The zero-order valence-corrected chi connectivity index (χ0v) is 12.1. The highest BCUT2D eigenvalue weighted by atomic mass is 32.2. The number of likely N-dealkylation sites (N-methyl/N-ethyl adjacent to an activating group) is 1. The first kappa shape index (κ1) is 16.4. The average Bonchev–Trinajstić information content (AvgIpc) is 2.42. The van der Waals surface area contributed by atoms with Crippen LogP contribution in [0, 0.1) is 0 Å². The molecule has 20 heavy (non-hydrogen) atoms. The Bertz CT molecular complexity index is 577. The Balaban J connectivity index is 2.89. The van der Waals surface area contributed by atoms with Crippen LogP contribution in [0.5, 0.6) is 0 Å². The van der Waals surface area contributed by atoms with Crippen molar-refractivity contribution in [1.82, 2.24) is 4.31 Å². The number of methoxy groups -OCH3 is 1. The highest BCUT2D eigenvalue weighted by Crippen LogP contribution is 2.15. The molecular formula is C13H17NO5S. The quantitative estimate of drug-likeness (QED) is 0.761. The van der Waals surface area contributed by atoms with Crippen molar-refractivity contribution in [3.8, 4) is 0 Å². The molecule has 1 aromatic carbocycles. The van der Waals surface area contributed by atoms with Crippen molar-refractivity contribution in [3.05, 3.63) is 35.9 Å². The molecule has 0 aliphatic heterocycles. The summed E-state index contributed by atoms with van der Waals surface area (Å²) >= 11 is 0. The van der Waals surface area contributed by atoms with Gasteiger partial charge in [0.25, 0.3) is 0 Å². The van der Waals surface area contributed by atoms with E-state index in [1.165, 1.54) is 36.7 Å². The lowest BCUT2D eigenvalue weighted by Crippen LogP contribution is -2.30. The molecule has 0 heterocycles. The Labute approximate surface area is 118 Å². The van der Waals surface area contributed by atoms with E-state index >= 15 is 0 Å². The second-order valence-corrected chi connectivity index (χ2v) is 6.10. The summed E-state index contributed by atoms with van der Waals surface area (Å²) in [5.41, 5.74) is 0.617. The average molecular weight is 299 g/mol. The molecule has 0 fully saturated rings. The monoisotopic (exact) mass is 299 g/mol. The molecule has 0 bridgehead atoms. The van der Waals surface area contributed by atoms with E-state index in [0.717, 1.165) is 6.08 Å². The predicted octanol–water partition coefficient (Wildman–Crippen LogP) is 1.05. The lowest BCUT2D eigenvalue weighted by Gasteiger charge is -2.16. The topological polar surface area (TPSA) is 83.9 Å². The van der Waals surface area contributed by atoms with Gasteiger partial charge < -0.3 is 9.84 Å². The maximum Gasteiger partial charge on any atom is 0.328 e. The first-order valence-electron chi connectivity index (χ1n) is 5.84. The van der Waals surface area contributed by atoms with Crippen molar-refractivity contribution in [1.29, 1.82) is 0 Å². The van der Waals surface area contributed by atoms with E-state index in [-0.39, 0.29) is 11.4 Å². The first-order valence-corrected chi connectivity index (χ1v) is 7.28. The molecule has 0 atom stereocenters. The van der Waals surface area contributed by atoms with E-state index in [4.69, 9.17) is 9.84 Å². The molecule has 0 aromatic heterocycles. The largest absolute Gasteiger partial charge is 0.478 e. The lowest BCUT2D eigenvalue weighted by atomic mass is 10.2. The van der Waals surface area contributed by atoms with Gasteiger partial charge in [0.1, 0.15) is 0 Å². The highest BCUT2D eigenvalue weighted by Gasteiger charge is 2.19. The molecule has 0 aliphatic carbocycles. The minimum absolute atomic E-state index is 0.156. The summed E-state index contributed by atoms with van der Waals surface area (Å²) in [5.74, 6) is -1.05. The van der Waals surface area contributed by atoms with Gasteiger partial charge in [0, 0.05) is 26.8 Å². The summed E-state index contributed by atoms with van der Waals surface area (Å²) < 4.78 is 30.4. The van der Waals surface area contributed by atoms with Crippen LogP contribution in [0.3, 0.4) is 0 Å². The third kappa shape index (κ3) is 4.44. The van der Waals surface area contributed by atoms with Crippen molar-refractivity contribution in [2.75, 3.05) is 27.3 Å². The molecule has 0 amide bonds. The molecule has 6 nitrogen and oxygen atoms in total. The summed E-state index contributed by atoms with van der Waals surface area (Å²) in [5, 5.41) is 8.51. The molecule has 0 saturated heterocycles. The van der Waals surface area contributed by atoms with Crippen LogP contribution < -0.4 is 0 Å². The van der Waals surface area contributed by atoms with Crippen molar-refractivity contribution >= 4 is 22.1 Å². The van der Waals surface area contributed by atoms with Gasteiger partial charge in [-0.2, -0.15) is 4.31 Å². The molecule has 0 spiro atoms. The predicted molar refractivity (Wildman–Crippen MR) is 74.8 cm³/mol. The third-order valence-electron chi connectivity index (χ3n) is 2.62. The highest BCUT2D eigenvalue weighted by molar-refractivity contribution is 7.89. The minimum atomic E-state index is -3.55. The van der Waals surface area contributed by atoms with Gasteiger partial charge in [-0.15, -0.1) is 0 Å². The minimum Gasteiger partial charge on any atom is -0.478 e. The molecule has 7 heteroatoms. The van der Waals surface area contributed by atoms with Gasteiger partial charge in [0.2, 0.25) is 10.0 Å². The fraction of sp³-hybridized carbons (Fsp3) is 0.308. The molecule has 0 unspecified atom stereocenters. The number of sulfonamides is 1. The second kappa shape index (κ2) is 7.18. The number of ether oxygens (including phenoxy) is 1. The van der Waals surface area contributed by atoms with Gasteiger partial charge >= 0.3 is 5.97 Å². The second-order valence-electron chi connectivity index (χ2n) is 4.06. The van der Waals surface area contributed by atoms with Crippen LogP contribution >= 0.6 is 0 Å². The van der Waals surface area contributed by atoms with Crippen molar-refractivity contribution in [3.63, 3.8) is 0 Å². The van der Waals surface area contributed by atoms with Crippen LogP contribution in [0.4, 0.5) is 0 Å². The SMILES string of the molecule is COCCN(C)S(=O)(=O)c1ccc(C=CC(=O)O)cc1. The van der Waals surface area contributed by atoms with Gasteiger partial charge in [-0.05, 0) is 23.8 Å². The molecular weight excluding hydrogens is 282 g/mol. The number of hydrogen-bond acceptors (Lipinski definition) is 4. The first-order chi connectivity index (χ1) is 9.37. The summed E-state index contributed by atoms with van der Waals surface area (Å²) in [6.45, 7) is 0.578. The number of benzene rings is 1. The Morgan fingerprint density at radius 1 is 1.35 bits per heavy atom. The van der Waals surface area contributed by atoms with E-state index in [1.54, 1.807) is 12.1 Å². The number of aliphatic carboxylic acids is 1. The van der Waals surface area contributed by atoms with Gasteiger partial charge in [-0.25, -0.2) is 13.2 Å². The van der Waals surface area contributed by atoms with Gasteiger partial charge in [0.05, 0.1) is 11.5 Å². The van der Waals surface area contributed by atoms with Crippen LogP contribution in [0.2, 0.25) is 0 Å². The summed E-state index contributed by atoms with van der Waals surface area (Å²) in [6.07, 6.45) is 2.39. The molecule has 0 radical (unpaired) electrons. The number of nitrogens with zero attached hydrogens (tertiary/aromatic N) is 1. The Kier molecular flexibility index (Phi) is 5.87. The van der Waals surface area contributed by atoms with Crippen LogP contribution in [0.25, 0.3) is 6.08 Å². The van der Waals surface area contributed by atoms with Crippen LogP contribution in [0.1, 0.15) is 5.56 Å². The summed E-state index contributed by atoms with van der Waals surface area (Å²) in [6, 6.07) is 5.99. The number of carbonyl (C=O) groups is 1. The number of rotatable bonds is 7. The van der Waals surface area contributed by atoms with Crippen LogP contribution in [-0.4, -0.2) is 51.1 Å². The number of carboxylic acid groups (broad SMARTS) is 1. The summed E-state index contributed by atoms with van der Waals surface area (Å²) in [7, 11) is -0.564. The molecule has 0 saturated carbocycles. The van der Waals surface area contributed by atoms with Gasteiger partial charge in [-0.1, -0.05) is 12.1 Å². The lowest BCUT2D eigenvalue weighted by molar-refractivity contribution is -0.131. The fourth-order valence-electron chi connectivity index (χ4n) is 1.44. The van der Waals surface area contributed by atoms with E-state index in [9.17, 15) is 13.2 Å². The Morgan fingerprint density at radius 3 is 2.45 bits per heavy atom. The standard InChI is InChI=1S/C13H17NO5S/c1-14(9-10-19-2)20(17,18)12-6-3-11(4-7-12)5-8-13(15)16/h3-8H,9-10H2,1-2H3,(H,15,16). The number of hydrogen-bond donors (Lipinski definition) is 1. The molecule has 1 N–H and O–H groups in total. The third-order valence-corrected chi connectivity index (χ3v) is 4.49. The van der Waals surface area contributed by atoms with Crippen molar-refractivity contribution in [2.24, 2.45) is 0 Å². The van der Waals surface area contributed by atoms with Crippen LogP contribution in [-0.2, 0) is 19.6 Å². The zero-order chi connectivity index (χ0) is 15.2. The molecule has 0 aliphatic rings. The smallest absolute Gasteiger partial charge is 0.328 e. The Morgan fingerprint density at radius 2 is 1.95 bits per heavy atom. The van der Waals surface area contributed by atoms with E-state index in [1.807, 2.05) is 0 Å². The van der Waals surface area contributed by atoms with Crippen molar-refractivity contribution in [2.45, 2.75) is 4.90 Å². The van der Waals surface area contributed by atoms with E-state index < -0.39 is 16.0 Å². The number of carboxylic acids is 1. The maximum absolute atomic E-state index is 12.2. The van der Waals surface area contributed by atoms with Crippen LogP contribution in [0.15, 0.2) is 35.2 Å². The fourth-order valence-corrected chi connectivity index (χ4v) is 2.59. The molecule has 110 valence electrons. The van der Waals surface area contributed by atoms with Gasteiger partial charge in [0.15, 0.2) is 0 Å².